The van der Waals surface area contributed by atoms with E-state index in [1.54, 1.807) is 0 Å². The van der Waals surface area contributed by atoms with Crippen molar-refractivity contribution in [1.29, 1.82) is 0 Å². The van der Waals surface area contributed by atoms with E-state index in [0.29, 0.717) is 0 Å². The zero-order valence-corrected chi connectivity index (χ0v) is 9.58. The zero-order valence-electron chi connectivity index (χ0n) is 9.58. The molecule has 0 N–H and O–H groups in total. The van der Waals surface area contributed by atoms with E-state index in [1.165, 1.54) is 6.42 Å². The van der Waals surface area contributed by atoms with Gasteiger partial charge in [0, 0.05) is 0 Å². The number of rotatable bonds is 3. The second-order valence-corrected chi connectivity index (χ2v) is 4.89. The van der Waals surface area contributed by atoms with Crippen molar-refractivity contribution in [2.24, 2.45) is 5.92 Å². The molecule has 1 saturated carbocycles. The SMILES string of the molecule is CC1CCCC(C=O)(OC(C)C)CC1. The first kappa shape index (κ1) is 11.7. The second kappa shape index (κ2) is 4.92. The molecule has 2 unspecified atom stereocenters. The van der Waals surface area contributed by atoms with Gasteiger partial charge in [-0.25, -0.2) is 0 Å². The lowest BCUT2D eigenvalue weighted by atomic mass is 9.95. The van der Waals surface area contributed by atoms with Crippen molar-refractivity contribution in [3.8, 4) is 0 Å². The van der Waals surface area contributed by atoms with Crippen molar-refractivity contribution in [3.05, 3.63) is 0 Å². The molecule has 0 heterocycles. The molecule has 0 bridgehead atoms. The Bertz CT molecular complexity index is 189. The van der Waals surface area contributed by atoms with Crippen molar-refractivity contribution < 1.29 is 9.53 Å². The van der Waals surface area contributed by atoms with Crippen molar-refractivity contribution in [2.45, 2.75) is 64.6 Å². The maximum absolute atomic E-state index is 11.2. The summed E-state index contributed by atoms with van der Waals surface area (Å²) in [7, 11) is 0. The minimum absolute atomic E-state index is 0.147. The highest BCUT2D eigenvalue weighted by Gasteiger charge is 2.33. The lowest BCUT2D eigenvalue weighted by molar-refractivity contribution is -0.140. The van der Waals surface area contributed by atoms with Crippen LogP contribution in [0.1, 0.15) is 52.9 Å². The van der Waals surface area contributed by atoms with Gasteiger partial charge in [-0.15, -0.1) is 0 Å². The van der Waals surface area contributed by atoms with Crippen molar-refractivity contribution >= 4 is 6.29 Å². The van der Waals surface area contributed by atoms with Gasteiger partial charge in [-0.1, -0.05) is 13.3 Å². The van der Waals surface area contributed by atoms with Gasteiger partial charge in [0.05, 0.1) is 6.10 Å². The van der Waals surface area contributed by atoms with E-state index in [2.05, 4.69) is 6.92 Å². The fourth-order valence-corrected chi connectivity index (χ4v) is 2.24. The van der Waals surface area contributed by atoms with Crippen LogP contribution in [-0.2, 0) is 9.53 Å². The third-order valence-corrected chi connectivity index (χ3v) is 3.04. The van der Waals surface area contributed by atoms with Crippen LogP contribution < -0.4 is 0 Å². The summed E-state index contributed by atoms with van der Waals surface area (Å²) in [4.78, 5) is 11.2. The summed E-state index contributed by atoms with van der Waals surface area (Å²) in [6.45, 7) is 6.26. The highest BCUT2D eigenvalue weighted by Crippen LogP contribution is 2.32. The Balaban J connectivity index is 2.62. The lowest BCUT2D eigenvalue weighted by Crippen LogP contribution is -2.36. The van der Waals surface area contributed by atoms with E-state index >= 15 is 0 Å². The number of aldehydes is 1. The summed E-state index contributed by atoms with van der Waals surface area (Å²) in [5.74, 6) is 0.743. The van der Waals surface area contributed by atoms with Gasteiger partial charge in [-0.3, -0.25) is 0 Å². The highest BCUT2D eigenvalue weighted by atomic mass is 16.5. The van der Waals surface area contributed by atoms with Gasteiger partial charge in [0.15, 0.2) is 6.29 Å². The monoisotopic (exact) mass is 198 g/mol. The maximum Gasteiger partial charge on any atom is 0.151 e. The Morgan fingerprint density at radius 1 is 1.36 bits per heavy atom. The molecular formula is C12H22O2. The van der Waals surface area contributed by atoms with Crippen molar-refractivity contribution in [3.63, 3.8) is 0 Å². The first-order valence-corrected chi connectivity index (χ1v) is 5.72. The molecule has 0 aliphatic heterocycles. The first-order valence-electron chi connectivity index (χ1n) is 5.72. The molecule has 2 nitrogen and oxygen atoms in total. The zero-order chi connectivity index (χ0) is 10.6. The van der Waals surface area contributed by atoms with Gasteiger partial charge in [0.1, 0.15) is 5.60 Å². The number of ether oxygens (including phenoxy) is 1. The molecule has 0 radical (unpaired) electrons. The minimum atomic E-state index is -0.473. The predicted molar refractivity (Wildman–Crippen MR) is 57.3 cm³/mol. The van der Waals surface area contributed by atoms with Crippen LogP contribution in [0.25, 0.3) is 0 Å². The fraction of sp³-hybridized carbons (Fsp3) is 0.917. The molecule has 1 aliphatic rings. The van der Waals surface area contributed by atoms with Crippen LogP contribution in [0.4, 0.5) is 0 Å². The normalized spacial score (nSPS) is 34.1. The molecule has 1 aliphatic carbocycles. The van der Waals surface area contributed by atoms with E-state index in [9.17, 15) is 4.79 Å². The van der Waals surface area contributed by atoms with Gasteiger partial charge in [-0.05, 0) is 45.4 Å². The topological polar surface area (TPSA) is 26.3 Å². The Morgan fingerprint density at radius 2 is 2.07 bits per heavy atom. The Labute approximate surface area is 87.0 Å². The van der Waals surface area contributed by atoms with Crippen LogP contribution >= 0.6 is 0 Å². The minimum Gasteiger partial charge on any atom is -0.365 e. The van der Waals surface area contributed by atoms with Gasteiger partial charge >= 0.3 is 0 Å². The molecule has 0 amide bonds. The smallest absolute Gasteiger partial charge is 0.151 e. The quantitative estimate of drug-likeness (QED) is 0.515. The Kier molecular flexibility index (Phi) is 4.11. The summed E-state index contributed by atoms with van der Waals surface area (Å²) < 4.78 is 5.79. The average Bonchev–Trinajstić information content (AvgIpc) is 2.29. The third-order valence-electron chi connectivity index (χ3n) is 3.04. The van der Waals surface area contributed by atoms with E-state index < -0.39 is 5.60 Å². The summed E-state index contributed by atoms with van der Waals surface area (Å²) >= 11 is 0. The summed E-state index contributed by atoms with van der Waals surface area (Å²) in [6, 6.07) is 0. The Morgan fingerprint density at radius 3 is 2.64 bits per heavy atom. The van der Waals surface area contributed by atoms with Gasteiger partial charge in [-0.2, -0.15) is 0 Å². The first-order chi connectivity index (χ1) is 6.58. The van der Waals surface area contributed by atoms with E-state index in [1.807, 2.05) is 13.8 Å². The number of hydrogen-bond acceptors (Lipinski definition) is 2. The van der Waals surface area contributed by atoms with Crippen molar-refractivity contribution in [1.82, 2.24) is 0 Å². The molecule has 0 saturated heterocycles. The van der Waals surface area contributed by atoms with Gasteiger partial charge < -0.3 is 9.53 Å². The molecule has 0 aromatic carbocycles. The lowest BCUT2D eigenvalue weighted by Gasteiger charge is -2.29. The van der Waals surface area contributed by atoms with Crippen LogP contribution in [0.3, 0.4) is 0 Å². The summed E-state index contributed by atoms with van der Waals surface area (Å²) in [5, 5.41) is 0. The largest absolute Gasteiger partial charge is 0.365 e. The van der Waals surface area contributed by atoms with E-state index in [-0.39, 0.29) is 6.10 Å². The third kappa shape index (κ3) is 3.09. The summed E-state index contributed by atoms with van der Waals surface area (Å²) in [6.07, 6.45) is 6.45. The fourth-order valence-electron chi connectivity index (χ4n) is 2.24. The van der Waals surface area contributed by atoms with Crippen LogP contribution in [0.5, 0.6) is 0 Å². The van der Waals surface area contributed by atoms with E-state index in [0.717, 1.165) is 37.9 Å². The van der Waals surface area contributed by atoms with Gasteiger partial charge in [0.2, 0.25) is 0 Å². The molecule has 1 fully saturated rings. The molecule has 0 aromatic heterocycles. The van der Waals surface area contributed by atoms with Crippen LogP contribution in [0, 0.1) is 5.92 Å². The second-order valence-electron chi connectivity index (χ2n) is 4.89. The van der Waals surface area contributed by atoms with Crippen molar-refractivity contribution in [2.75, 3.05) is 0 Å². The molecule has 2 atom stereocenters. The molecule has 2 heteroatoms. The molecular weight excluding hydrogens is 176 g/mol. The maximum atomic E-state index is 11.2. The number of hydrogen-bond donors (Lipinski definition) is 0. The number of carbonyl (C=O) groups is 1. The van der Waals surface area contributed by atoms with Crippen LogP contribution in [0.15, 0.2) is 0 Å². The highest BCUT2D eigenvalue weighted by molar-refractivity contribution is 5.62. The van der Waals surface area contributed by atoms with E-state index in [4.69, 9.17) is 4.74 Å². The van der Waals surface area contributed by atoms with Gasteiger partial charge in [0.25, 0.3) is 0 Å². The molecule has 0 aromatic rings. The molecule has 0 spiro atoms. The van der Waals surface area contributed by atoms with Crippen LogP contribution in [-0.4, -0.2) is 18.0 Å². The molecule has 82 valence electrons. The van der Waals surface area contributed by atoms with Crippen LogP contribution in [0.2, 0.25) is 0 Å². The average molecular weight is 198 g/mol. The standard InChI is InChI=1S/C12H22O2/c1-10(2)14-12(9-13)7-4-5-11(3)6-8-12/h9-11H,4-8H2,1-3H3. The number of carbonyl (C=O) groups excluding carboxylic acids is 1. The summed E-state index contributed by atoms with van der Waals surface area (Å²) in [5.41, 5.74) is -0.473. The molecule has 14 heavy (non-hydrogen) atoms. The predicted octanol–water partition coefficient (Wildman–Crippen LogP) is 2.95. The Hall–Kier alpha value is -0.370. The molecule has 1 rings (SSSR count).